The number of nitrogens with two attached hydrogens (primary N) is 1. The van der Waals surface area contributed by atoms with E-state index in [1.807, 2.05) is 30.3 Å². The molecular formula is C19H19ClN2O3S. The van der Waals surface area contributed by atoms with E-state index in [9.17, 15) is 9.59 Å². The second kappa shape index (κ2) is 8.12. The number of hydrogen-bond donors (Lipinski definition) is 1. The van der Waals surface area contributed by atoms with Crippen molar-refractivity contribution < 1.29 is 14.3 Å². The summed E-state index contributed by atoms with van der Waals surface area (Å²) in [6, 6.07) is 14.0. The van der Waals surface area contributed by atoms with Crippen molar-refractivity contribution in [1.29, 1.82) is 0 Å². The molecule has 1 aliphatic rings. The van der Waals surface area contributed by atoms with E-state index in [0.717, 1.165) is 10.5 Å². The van der Waals surface area contributed by atoms with Gasteiger partial charge < -0.3 is 10.5 Å². The van der Waals surface area contributed by atoms with Crippen LogP contribution in [0, 0.1) is 0 Å². The van der Waals surface area contributed by atoms with Gasteiger partial charge in [-0.15, -0.1) is 11.8 Å². The van der Waals surface area contributed by atoms with Crippen LogP contribution in [-0.4, -0.2) is 31.1 Å². The van der Waals surface area contributed by atoms with Crippen molar-refractivity contribution in [3.63, 3.8) is 0 Å². The number of amides is 1. The Hall–Kier alpha value is -2.02. The molecule has 2 aromatic rings. The lowest BCUT2D eigenvalue weighted by Gasteiger charge is -2.24. The van der Waals surface area contributed by atoms with E-state index in [-0.39, 0.29) is 24.3 Å². The third kappa shape index (κ3) is 3.87. The molecule has 7 heteroatoms. The maximum atomic E-state index is 13.1. The predicted octanol–water partition coefficient (Wildman–Crippen LogP) is 3.41. The fourth-order valence-electron chi connectivity index (χ4n) is 2.86. The fourth-order valence-corrected chi connectivity index (χ4v) is 4.42. The number of carbonyl (C=O) groups excluding carboxylic acids is 2. The van der Waals surface area contributed by atoms with Crippen LogP contribution in [0.5, 0.6) is 0 Å². The van der Waals surface area contributed by atoms with Gasteiger partial charge in [0.1, 0.15) is 12.6 Å². The second-order valence-corrected chi connectivity index (χ2v) is 7.44. The Morgan fingerprint density at radius 1 is 1.27 bits per heavy atom. The minimum Gasteiger partial charge on any atom is -0.465 e. The molecule has 0 saturated heterocycles. The van der Waals surface area contributed by atoms with Crippen LogP contribution in [0.3, 0.4) is 0 Å². The summed E-state index contributed by atoms with van der Waals surface area (Å²) in [5, 5.41) is 0.273. The van der Waals surface area contributed by atoms with Crippen molar-refractivity contribution in [3.05, 3.63) is 59.1 Å². The van der Waals surface area contributed by atoms with Gasteiger partial charge in [-0.1, -0.05) is 41.9 Å². The van der Waals surface area contributed by atoms with Gasteiger partial charge in [0, 0.05) is 9.92 Å². The summed E-state index contributed by atoms with van der Waals surface area (Å²) in [5.41, 5.74) is 7.88. The summed E-state index contributed by atoms with van der Waals surface area (Å²) in [6.07, 6.45) is 0. The van der Waals surface area contributed by atoms with E-state index in [1.165, 1.54) is 16.7 Å². The molecule has 0 aromatic heterocycles. The number of fused-ring (bicyclic) bond motifs is 1. The van der Waals surface area contributed by atoms with Crippen molar-refractivity contribution in [1.82, 2.24) is 0 Å². The number of rotatable bonds is 4. The minimum absolute atomic E-state index is 0.183. The van der Waals surface area contributed by atoms with Crippen LogP contribution in [0.25, 0.3) is 0 Å². The maximum Gasteiger partial charge on any atom is 0.326 e. The number of ether oxygens (including phenoxy) is 1. The number of anilines is 1. The highest BCUT2D eigenvalue weighted by molar-refractivity contribution is 7.99. The molecule has 2 atom stereocenters. The summed E-state index contributed by atoms with van der Waals surface area (Å²) in [4.78, 5) is 27.3. The molecule has 0 bridgehead atoms. The zero-order valence-electron chi connectivity index (χ0n) is 14.2. The van der Waals surface area contributed by atoms with Gasteiger partial charge in [0.05, 0.1) is 17.5 Å². The van der Waals surface area contributed by atoms with Gasteiger partial charge in [-0.25, -0.2) is 0 Å². The lowest BCUT2D eigenvalue weighted by atomic mass is 10.0. The molecule has 1 amide bonds. The zero-order valence-corrected chi connectivity index (χ0v) is 15.8. The Balaban J connectivity index is 2.04. The van der Waals surface area contributed by atoms with Gasteiger partial charge in [0.25, 0.3) is 0 Å². The highest BCUT2D eigenvalue weighted by Gasteiger charge is 2.37. The molecule has 1 aliphatic heterocycles. The van der Waals surface area contributed by atoms with Gasteiger partial charge in [-0.3, -0.25) is 14.5 Å². The average Bonchev–Trinajstić information content (AvgIpc) is 2.73. The molecule has 0 saturated carbocycles. The third-order valence-corrected chi connectivity index (χ3v) is 5.70. The molecule has 0 radical (unpaired) electrons. The first-order valence-electron chi connectivity index (χ1n) is 8.25. The predicted molar refractivity (Wildman–Crippen MR) is 103 cm³/mol. The van der Waals surface area contributed by atoms with E-state index in [1.54, 1.807) is 25.1 Å². The largest absolute Gasteiger partial charge is 0.465 e. The van der Waals surface area contributed by atoms with Crippen LogP contribution in [0.1, 0.15) is 17.7 Å². The number of carbonyl (C=O) groups is 2. The van der Waals surface area contributed by atoms with Gasteiger partial charge >= 0.3 is 5.97 Å². The first kappa shape index (κ1) is 18.8. The van der Waals surface area contributed by atoms with Gasteiger partial charge in [-0.05, 0) is 30.7 Å². The molecule has 0 spiro atoms. The van der Waals surface area contributed by atoms with Gasteiger partial charge in [0.2, 0.25) is 5.91 Å². The number of esters is 1. The highest BCUT2D eigenvalue weighted by atomic mass is 35.5. The van der Waals surface area contributed by atoms with E-state index < -0.39 is 12.0 Å². The zero-order chi connectivity index (χ0) is 18.7. The maximum absolute atomic E-state index is 13.1. The Morgan fingerprint density at radius 2 is 2.00 bits per heavy atom. The molecule has 26 heavy (non-hydrogen) atoms. The Labute approximate surface area is 161 Å². The van der Waals surface area contributed by atoms with Crippen LogP contribution >= 0.6 is 23.4 Å². The fraction of sp³-hybridized carbons (Fsp3) is 0.263. The molecule has 5 nitrogen and oxygen atoms in total. The average molecular weight is 391 g/mol. The second-order valence-electron chi connectivity index (χ2n) is 5.82. The SMILES string of the molecule is CCOC(=O)CN1C(=O)[C@@H](N)[C@@H](c2ccccc2)Sc2cc(Cl)ccc21. The molecule has 136 valence electrons. The third-order valence-electron chi connectivity index (χ3n) is 4.06. The van der Waals surface area contributed by atoms with Crippen LogP contribution in [0.15, 0.2) is 53.4 Å². The molecule has 0 aliphatic carbocycles. The van der Waals surface area contributed by atoms with Crippen LogP contribution < -0.4 is 10.6 Å². The lowest BCUT2D eigenvalue weighted by molar-refractivity contribution is -0.142. The topological polar surface area (TPSA) is 72.6 Å². The van der Waals surface area contributed by atoms with Crippen molar-refractivity contribution >= 4 is 40.9 Å². The molecule has 2 N–H and O–H groups in total. The smallest absolute Gasteiger partial charge is 0.326 e. The molecule has 0 fully saturated rings. The number of hydrogen-bond acceptors (Lipinski definition) is 5. The first-order valence-corrected chi connectivity index (χ1v) is 9.50. The minimum atomic E-state index is -0.803. The van der Waals surface area contributed by atoms with Crippen molar-refractivity contribution in [2.75, 3.05) is 18.1 Å². The molecule has 3 rings (SSSR count). The number of benzene rings is 2. The van der Waals surface area contributed by atoms with Crippen LogP contribution in [0.2, 0.25) is 5.02 Å². The Kier molecular flexibility index (Phi) is 5.86. The molecule has 1 heterocycles. The standard InChI is InChI=1S/C19H19ClN2O3S/c1-2-25-16(23)11-22-14-9-8-13(20)10-15(14)26-18(17(21)19(22)24)12-6-4-3-5-7-12/h3-10,17-18H,2,11,21H2,1H3/t17-,18+/m0/s1. The van der Waals surface area contributed by atoms with Crippen LogP contribution in [0.4, 0.5) is 5.69 Å². The lowest BCUT2D eigenvalue weighted by Crippen LogP contribution is -2.47. The molecular weight excluding hydrogens is 372 g/mol. The van der Waals surface area contributed by atoms with Gasteiger partial charge in [-0.2, -0.15) is 0 Å². The Morgan fingerprint density at radius 3 is 2.69 bits per heavy atom. The van der Waals surface area contributed by atoms with Gasteiger partial charge in [0.15, 0.2) is 0 Å². The highest BCUT2D eigenvalue weighted by Crippen LogP contribution is 2.45. The first-order chi connectivity index (χ1) is 12.5. The summed E-state index contributed by atoms with van der Waals surface area (Å²) in [5.74, 6) is -0.794. The van der Waals surface area contributed by atoms with Crippen LogP contribution in [-0.2, 0) is 14.3 Å². The monoisotopic (exact) mass is 390 g/mol. The summed E-state index contributed by atoms with van der Waals surface area (Å²) in [7, 11) is 0. The summed E-state index contributed by atoms with van der Waals surface area (Å²) < 4.78 is 5.01. The Bertz CT molecular complexity index is 816. The summed E-state index contributed by atoms with van der Waals surface area (Å²) >= 11 is 7.64. The van der Waals surface area contributed by atoms with E-state index in [0.29, 0.717) is 10.7 Å². The van der Waals surface area contributed by atoms with Crippen molar-refractivity contribution in [2.24, 2.45) is 5.73 Å². The van der Waals surface area contributed by atoms with Crippen molar-refractivity contribution in [3.8, 4) is 0 Å². The summed E-state index contributed by atoms with van der Waals surface area (Å²) in [6.45, 7) is 1.79. The number of thioether (sulfide) groups is 1. The van der Waals surface area contributed by atoms with E-state index >= 15 is 0 Å². The van der Waals surface area contributed by atoms with E-state index in [2.05, 4.69) is 0 Å². The molecule has 0 unspecified atom stereocenters. The quantitative estimate of drug-likeness (QED) is 0.810. The number of nitrogens with zero attached hydrogens (tertiary/aromatic N) is 1. The van der Waals surface area contributed by atoms with Crippen molar-refractivity contribution in [2.45, 2.75) is 23.1 Å². The number of halogens is 1. The normalized spacial score (nSPS) is 19.7. The van der Waals surface area contributed by atoms with E-state index in [4.69, 9.17) is 22.1 Å². The molecule has 2 aromatic carbocycles.